The molecule has 2 amide bonds. The van der Waals surface area contributed by atoms with Crippen molar-refractivity contribution in [3.63, 3.8) is 0 Å². The van der Waals surface area contributed by atoms with Crippen LogP contribution in [-0.2, 0) is 16.0 Å². The number of nitrogens with zero attached hydrogens (tertiary/aromatic N) is 2. The molecule has 0 unspecified atom stereocenters. The molecular weight excluding hydrogens is 480 g/mol. The Morgan fingerprint density at radius 1 is 1.03 bits per heavy atom. The number of anilines is 1. The summed E-state index contributed by atoms with van der Waals surface area (Å²) in [6.07, 6.45) is 2.69. The highest BCUT2D eigenvalue weighted by molar-refractivity contribution is 8.15. The average molecular weight is 503 g/mol. The van der Waals surface area contributed by atoms with Crippen molar-refractivity contribution in [1.29, 1.82) is 0 Å². The van der Waals surface area contributed by atoms with Crippen LogP contribution in [0.5, 0.6) is 0 Å². The second-order valence-electron chi connectivity index (χ2n) is 8.17. The average Bonchev–Trinajstić information content (AvgIpc) is 3.40. The van der Waals surface area contributed by atoms with Gasteiger partial charge in [-0.1, -0.05) is 71.9 Å². The van der Waals surface area contributed by atoms with Crippen molar-refractivity contribution in [2.45, 2.75) is 18.1 Å². The standard InChI is InChI=1S/C27H23ClN4O2S/c28-21-11-5-7-13-23(21)31-27-32(15-14-18-17-29-22-12-6-4-10-20(18)22)26(34)24(35-27)16-25(33)30-19-8-2-1-3-9-19/h1-13,17,24,29H,14-16H2,(H,30,33)/t24-/m1/s1. The van der Waals surface area contributed by atoms with Gasteiger partial charge in [-0.25, -0.2) is 4.99 Å². The van der Waals surface area contributed by atoms with Crippen molar-refractivity contribution >= 4 is 62.6 Å². The van der Waals surface area contributed by atoms with E-state index in [1.165, 1.54) is 11.8 Å². The van der Waals surface area contributed by atoms with Crippen LogP contribution < -0.4 is 5.32 Å². The third-order valence-corrected chi connectivity index (χ3v) is 7.29. The first-order valence-corrected chi connectivity index (χ1v) is 12.6. The van der Waals surface area contributed by atoms with Gasteiger partial charge in [-0.3, -0.25) is 14.5 Å². The molecule has 6 nitrogen and oxygen atoms in total. The third kappa shape index (κ3) is 5.26. The van der Waals surface area contributed by atoms with Crippen molar-refractivity contribution in [1.82, 2.24) is 9.88 Å². The molecule has 176 valence electrons. The van der Waals surface area contributed by atoms with Crippen LogP contribution in [0.3, 0.4) is 0 Å². The number of aromatic amines is 1. The largest absolute Gasteiger partial charge is 0.361 e. The maximum Gasteiger partial charge on any atom is 0.242 e. The number of H-pyrrole nitrogens is 1. The number of halogens is 1. The SMILES string of the molecule is O=C(C[C@H]1SC(=Nc2ccccc2Cl)N(CCc2c[nH]c3ccccc23)C1=O)Nc1ccccc1. The molecule has 8 heteroatoms. The predicted molar refractivity (Wildman–Crippen MR) is 143 cm³/mol. The Balaban J connectivity index is 1.36. The van der Waals surface area contributed by atoms with E-state index in [1.807, 2.05) is 72.9 Å². The Bertz CT molecular complexity index is 1400. The number of amidine groups is 1. The van der Waals surface area contributed by atoms with E-state index >= 15 is 0 Å². The number of fused-ring (bicyclic) bond motifs is 1. The van der Waals surface area contributed by atoms with Gasteiger partial charge in [0.25, 0.3) is 0 Å². The Morgan fingerprint density at radius 2 is 1.77 bits per heavy atom. The van der Waals surface area contributed by atoms with Gasteiger partial charge in [0.15, 0.2) is 5.17 Å². The molecule has 2 N–H and O–H groups in total. The molecule has 1 aliphatic rings. The highest BCUT2D eigenvalue weighted by atomic mass is 35.5. The summed E-state index contributed by atoms with van der Waals surface area (Å²) < 4.78 is 0. The van der Waals surface area contributed by atoms with E-state index < -0.39 is 5.25 Å². The van der Waals surface area contributed by atoms with Gasteiger partial charge in [0.05, 0.1) is 10.7 Å². The van der Waals surface area contributed by atoms with Crippen LogP contribution in [0.15, 0.2) is 90.1 Å². The predicted octanol–water partition coefficient (Wildman–Crippen LogP) is 6.02. The Labute approximate surface area is 212 Å². The summed E-state index contributed by atoms with van der Waals surface area (Å²) in [5, 5.41) is 4.51. The smallest absolute Gasteiger partial charge is 0.242 e. The van der Waals surface area contributed by atoms with Crippen LogP contribution in [0.25, 0.3) is 10.9 Å². The maximum absolute atomic E-state index is 13.4. The fourth-order valence-electron chi connectivity index (χ4n) is 4.05. The summed E-state index contributed by atoms with van der Waals surface area (Å²) in [7, 11) is 0. The Morgan fingerprint density at radius 3 is 2.60 bits per heavy atom. The molecule has 4 aromatic rings. The fraction of sp³-hybridized carbons (Fsp3) is 0.148. The van der Waals surface area contributed by atoms with Crippen molar-refractivity contribution in [3.05, 3.63) is 95.6 Å². The minimum absolute atomic E-state index is 0.0590. The van der Waals surface area contributed by atoms with E-state index in [2.05, 4.69) is 16.4 Å². The van der Waals surface area contributed by atoms with Crippen LogP contribution in [0.2, 0.25) is 5.02 Å². The summed E-state index contributed by atoms with van der Waals surface area (Å²) in [4.78, 5) is 35.7. The molecule has 35 heavy (non-hydrogen) atoms. The van der Waals surface area contributed by atoms with Crippen molar-refractivity contribution in [3.8, 4) is 0 Å². The number of nitrogens with one attached hydrogen (secondary N) is 2. The van der Waals surface area contributed by atoms with Gasteiger partial charge in [0, 0.05) is 35.8 Å². The molecule has 1 aromatic heterocycles. The molecule has 1 fully saturated rings. The number of aliphatic imine (C=N–C) groups is 1. The van der Waals surface area contributed by atoms with E-state index in [4.69, 9.17) is 16.6 Å². The van der Waals surface area contributed by atoms with Crippen molar-refractivity contribution in [2.75, 3.05) is 11.9 Å². The topological polar surface area (TPSA) is 77.6 Å². The van der Waals surface area contributed by atoms with E-state index in [0.29, 0.717) is 34.5 Å². The highest BCUT2D eigenvalue weighted by Crippen LogP contribution is 2.34. The summed E-state index contributed by atoms with van der Waals surface area (Å²) in [6, 6.07) is 24.6. The second kappa shape index (κ2) is 10.4. The monoisotopic (exact) mass is 502 g/mol. The van der Waals surface area contributed by atoms with Crippen LogP contribution in [-0.4, -0.2) is 38.7 Å². The lowest BCUT2D eigenvalue weighted by Crippen LogP contribution is -2.35. The summed E-state index contributed by atoms with van der Waals surface area (Å²) >= 11 is 7.64. The van der Waals surface area contributed by atoms with Gasteiger partial charge in [0.1, 0.15) is 5.25 Å². The van der Waals surface area contributed by atoms with E-state index in [1.54, 1.807) is 11.0 Å². The Hall–Kier alpha value is -3.55. The number of carbonyl (C=O) groups excluding carboxylic acids is 2. The molecule has 0 aliphatic carbocycles. The molecule has 1 aliphatic heterocycles. The minimum Gasteiger partial charge on any atom is -0.361 e. The zero-order valence-electron chi connectivity index (χ0n) is 18.8. The molecule has 5 rings (SSSR count). The van der Waals surface area contributed by atoms with Gasteiger partial charge in [-0.15, -0.1) is 0 Å². The fourth-order valence-corrected chi connectivity index (χ4v) is 5.40. The van der Waals surface area contributed by atoms with Gasteiger partial charge in [-0.05, 0) is 42.3 Å². The van der Waals surface area contributed by atoms with E-state index in [0.717, 1.165) is 16.5 Å². The summed E-state index contributed by atoms with van der Waals surface area (Å²) in [6.45, 7) is 0.452. The zero-order chi connectivity index (χ0) is 24.2. The maximum atomic E-state index is 13.4. The second-order valence-corrected chi connectivity index (χ2v) is 9.75. The number of thioether (sulfide) groups is 1. The number of hydrogen-bond acceptors (Lipinski definition) is 4. The Kier molecular flexibility index (Phi) is 6.88. The van der Waals surface area contributed by atoms with Crippen LogP contribution in [0, 0.1) is 0 Å². The molecule has 3 aromatic carbocycles. The first kappa shape index (κ1) is 23.2. The third-order valence-electron chi connectivity index (χ3n) is 5.80. The zero-order valence-corrected chi connectivity index (χ0v) is 20.4. The molecule has 0 bridgehead atoms. The molecule has 0 spiro atoms. The van der Waals surface area contributed by atoms with E-state index in [9.17, 15) is 9.59 Å². The number of hydrogen-bond donors (Lipinski definition) is 2. The molecule has 0 saturated carbocycles. The van der Waals surface area contributed by atoms with Gasteiger partial charge in [0.2, 0.25) is 11.8 Å². The van der Waals surface area contributed by atoms with Crippen LogP contribution in [0.1, 0.15) is 12.0 Å². The number of aromatic nitrogens is 1. The van der Waals surface area contributed by atoms with Crippen LogP contribution in [0.4, 0.5) is 11.4 Å². The number of benzene rings is 3. The molecule has 1 saturated heterocycles. The number of carbonyl (C=O) groups is 2. The first-order valence-electron chi connectivity index (χ1n) is 11.3. The molecule has 2 heterocycles. The molecule has 1 atom stereocenters. The quantitative estimate of drug-likeness (QED) is 0.324. The minimum atomic E-state index is -0.553. The highest BCUT2D eigenvalue weighted by Gasteiger charge is 2.39. The van der Waals surface area contributed by atoms with Crippen LogP contribution >= 0.6 is 23.4 Å². The number of rotatable bonds is 7. The van der Waals surface area contributed by atoms with Gasteiger partial charge >= 0.3 is 0 Å². The molecule has 0 radical (unpaired) electrons. The van der Waals surface area contributed by atoms with Crippen molar-refractivity contribution in [2.24, 2.45) is 4.99 Å². The lowest BCUT2D eigenvalue weighted by Gasteiger charge is -2.16. The summed E-state index contributed by atoms with van der Waals surface area (Å²) in [5.74, 6) is -0.332. The lowest BCUT2D eigenvalue weighted by molar-refractivity contribution is -0.128. The number of para-hydroxylation sites is 3. The number of amides is 2. The van der Waals surface area contributed by atoms with Gasteiger partial charge < -0.3 is 10.3 Å². The van der Waals surface area contributed by atoms with Gasteiger partial charge in [-0.2, -0.15) is 0 Å². The normalized spacial score (nSPS) is 16.8. The summed E-state index contributed by atoms with van der Waals surface area (Å²) in [5.41, 5.74) is 3.48. The molecular formula is C27H23ClN4O2S. The first-order chi connectivity index (χ1) is 17.1. The van der Waals surface area contributed by atoms with E-state index in [-0.39, 0.29) is 18.2 Å². The van der Waals surface area contributed by atoms with Crippen molar-refractivity contribution < 1.29 is 9.59 Å². The lowest BCUT2D eigenvalue weighted by atomic mass is 10.1.